The number of piperazine rings is 1. The first-order valence-electron chi connectivity index (χ1n) is 5.85. The van der Waals surface area contributed by atoms with Crippen molar-refractivity contribution in [3.8, 4) is 0 Å². The summed E-state index contributed by atoms with van der Waals surface area (Å²) in [6, 6.07) is 1.83. The maximum absolute atomic E-state index is 5.50. The van der Waals surface area contributed by atoms with Crippen LogP contribution < -0.4 is 5.32 Å². The normalized spacial score (nSPS) is 17.8. The first-order valence-corrected chi connectivity index (χ1v) is 5.85. The van der Waals surface area contributed by atoms with E-state index in [4.69, 9.17) is 9.26 Å². The molecule has 0 aromatic carbocycles. The number of ether oxygens (including phenoxy) is 1. The summed E-state index contributed by atoms with van der Waals surface area (Å²) in [6.07, 6.45) is 2.65. The van der Waals surface area contributed by atoms with E-state index in [0.29, 0.717) is 6.61 Å². The van der Waals surface area contributed by atoms with Crippen molar-refractivity contribution in [3.63, 3.8) is 0 Å². The van der Waals surface area contributed by atoms with Gasteiger partial charge in [-0.1, -0.05) is 5.16 Å². The Morgan fingerprint density at radius 3 is 3.06 bits per heavy atom. The lowest BCUT2D eigenvalue weighted by molar-refractivity contribution is 0.102. The summed E-state index contributed by atoms with van der Waals surface area (Å²) in [5.74, 6) is 0. The fraction of sp³-hybridized carbons (Fsp3) is 0.727. The number of hydrogen-bond acceptors (Lipinski definition) is 5. The molecule has 0 unspecified atom stereocenters. The lowest BCUT2D eigenvalue weighted by atomic mass is 10.3. The lowest BCUT2D eigenvalue weighted by Gasteiger charge is -2.26. The molecule has 1 aromatic heterocycles. The highest BCUT2D eigenvalue weighted by Crippen LogP contribution is 1.99. The zero-order valence-corrected chi connectivity index (χ0v) is 9.52. The molecule has 1 aromatic rings. The van der Waals surface area contributed by atoms with Crippen molar-refractivity contribution in [1.82, 2.24) is 15.4 Å². The molecule has 0 radical (unpaired) electrons. The first kappa shape index (κ1) is 11.6. The third-order valence-electron chi connectivity index (χ3n) is 2.71. The van der Waals surface area contributed by atoms with Gasteiger partial charge in [0.15, 0.2) is 0 Å². The monoisotopic (exact) mass is 225 g/mol. The molecule has 0 saturated carbocycles. The van der Waals surface area contributed by atoms with Crippen LogP contribution in [-0.2, 0) is 11.3 Å². The smallest absolute Gasteiger partial charge is 0.124 e. The maximum Gasteiger partial charge on any atom is 0.124 e. The fourth-order valence-electron chi connectivity index (χ4n) is 1.81. The van der Waals surface area contributed by atoms with Crippen molar-refractivity contribution in [3.05, 3.63) is 18.0 Å². The maximum atomic E-state index is 5.50. The number of hydrogen-bond donors (Lipinski definition) is 1. The summed E-state index contributed by atoms with van der Waals surface area (Å²) in [7, 11) is 0. The second-order valence-electron chi connectivity index (χ2n) is 3.99. The molecule has 5 heteroatoms. The van der Waals surface area contributed by atoms with Crippen LogP contribution in [0.25, 0.3) is 0 Å². The SMILES string of the molecule is c1cc(COCCCN2CCNCC2)no1. The minimum Gasteiger partial charge on any atom is -0.375 e. The third-order valence-corrected chi connectivity index (χ3v) is 2.71. The lowest BCUT2D eigenvalue weighted by Crippen LogP contribution is -2.43. The molecule has 1 saturated heterocycles. The zero-order chi connectivity index (χ0) is 11.1. The Hall–Kier alpha value is -0.910. The second kappa shape index (κ2) is 6.62. The topological polar surface area (TPSA) is 50.5 Å². The number of nitrogens with zero attached hydrogens (tertiary/aromatic N) is 2. The molecular formula is C11H19N3O2. The minimum absolute atomic E-state index is 0.554. The molecule has 90 valence electrons. The highest BCUT2D eigenvalue weighted by atomic mass is 16.5. The van der Waals surface area contributed by atoms with Crippen molar-refractivity contribution < 1.29 is 9.26 Å². The Bertz CT molecular complexity index is 271. The molecule has 0 atom stereocenters. The van der Waals surface area contributed by atoms with Crippen molar-refractivity contribution in [2.45, 2.75) is 13.0 Å². The summed E-state index contributed by atoms with van der Waals surface area (Å²) in [4.78, 5) is 2.47. The molecule has 2 rings (SSSR count). The number of aromatic nitrogens is 1. The molecule has 1 N–H and O–H groups in total. The molecule has 1 aliphatic heterocycles. The molecule has 5 nitrogen and oxygen atoms in total. The standard InChI is InChI=1S/C11H19N3O2/c1(5-14-6-3-12-4-7-14)8-15-10-11-2-9-16-13-11/h2,9,12H,1,3-8,10H2. The second-order valence-corrected chi connectivity index (χ2v) is 3.99. The van der Waals surface area contributed by atoms with Gasteiger partial charge in [0.1, 0.15) is 12.0 Å². The van der Waals surface area contributed by atoms with E-state index in [2.05, 4.69) is 15.4 Å². The van der Waals surface area contributed by atoms with Gasteiger partial charge in [0.05, 0.1) is 6.61 Å². The minimum atomic E-state index is 0.554. The van der Waals surface area contributed by atoms with E-state index in [1.54, 1.807) is 6.26 Å². The van der Waals surface area contributed by atoms with Gasteiger partial charge >= 0.3 is 0 Å². The average Bonchev–Trinajstić information content (AvgIpc) is 2.83. The van der Waals surface area contributed by atoms with Crippen molar-refractivity contribution >= 4 is 0 Å². The Kier molecular flexibility index (Phi) is 4.79. The van der Waals surface area contributed by atoms with Crippen molar-refractivity contribution in [1.29, 1.82) is 0 Å². The van der Waals surface area contributed by atoms with Crippen LogP contribution in [0.3, 0.4) is 0 Å². The van der Waals surface area contributed by atoms with E-state index in [1.807, 2.05) is 6.07 Å². The zero-order valence-electron chi connectivity index (χ0n) is 9.52. The first-order chi connectivity index (χ1) is 7.95. The predicted molar refractivity (Wildman–Crippen MR) is 60.1 cm³/mol. The van der Waals surface area contributed by atoms with Crippen LogP contribution in [0.1, 0.15) is 12.1 Å². The Morgan fingerprint density at radius 1 is 1.44 bits per heavy atom. The van der Waals surface area contributed by atoms with E-state index in [9.17, 15) is 0 Å². The highest BCUT2D eigenvalue weighted by Gasteiger charge is 2.08. The van der Waals surface area contributed by atoms with Gasteiger partial charge in [-0.3, -0.25) is 0 Å². The van der Waals surface area contributed by atoms with Gasteiger partial charge in [0.25, 0.3) is 0 Å². The van der Waals surface area contributed by atoms with Crippen molar-refractivity contribution in [2.24, 2.45) is 0 Å². The van der Waals surface area contributed by atoms with Crippen LogP contribution in [0.4, 0.5) is 0 Å². The highest BCUT2D eigenvalue weighted by molar-refractivity contribution is 4.92. The van der Waals surface area contributed by atoms with Gasteiger partial charge < -0.3 is 19.5 Å². The molecule has 1 aliphatic rings. The Balaban J connectivity index is 1.48. The summed E-state index contributed by atoms with van der Waals surface area (Å²) in [5.41, 5.74) is 0.863. The molecule has 16 heavy (non-hydrogen) atoms. The quantitative estimate of drug-likeness (QED) is 0.714. The number of nitrogens with one attached hydrogen (secondary N) is 1. The summed E-state index contributed by atoms with van der Waals surface area (Å²) in [6.45, 7) is 7.00. The Morgan fingerprint density at radius 2 is 2.31 bits per heavy atom. The van der Waals surface area contributed by atoms with Crippen LogP contribution in [0.5, 0.6) is 0 Å². The number of rotatable bonds is 6. The molecule has 0 aliphatic carbocycles. The van der Waals surface area contributed by atoms with E-state index in [1.165, 1.54) is 0 Å². The molecule has 1 fully saturated rings. The average molecular weight is 225 g/mol. The van der Waals surface area contributed by atoms with E-state index in [-0.39, 0.29) is 0 Å². The van der Waals surface area contributed by atoms with Gasteiger partial charge in [0, 0.05) is 45.4 Å². The van der Waals surface area contributed by atoms with Crippen LogP contribution in [-0.4, -0.2) is 49.4 Å². The van der Waals surface area contributed by atoms with Gasteiger partial charge in [-0.15, -0.1) is 0 Å². The van der Waals surface area contributed by atoms with Crippen LogP contribution in [0.2, 0.25) is 0 Å². The largest absolute Gasteiger partial charge is 0.375 e. The van der Waals surface area contributed by atoms with Gasteiger partial charge in [0.2, 0.25) is 0 Å². The Labute approximate surface area is 95.7 Å². The van der Waals surface area contributed by atoms with Crippen LogP contribution >= 0.6 is 0 Å². The van der Waals surface area contributed by atoms with E-state index < -0.39 is 0 Å². The predicted octanol–water partition coefficient (Wildman–Crippen LogP) is 0.487. The fourth-order valence-corrected chi connectivity index (χ4v) is 1.81. The van der Waals surface area contributed by atoms with Crippen LogP contribution in [0.15, 0.2) is 16.9 Å². The van der Waals surface area contributed by atoms with Crippen molar-refractivity contribution in [2.75, 3.05) is 39.3 Å². The summed E-state index contributed by atoms with van der Waals surface area (Å²) >= 11 is 0. The molecular weight excluding hydrogens is 206 g/mol. The van der Waals surface area contributed by atoms with Gasteiger partial charge in [-0.25, -0.2) is 0 Å². The molecule has 0 spiro atoms. The summed E-state index contributed by atoms with van der Waals surface area (Å²) in [5, 5.41) is 7.13. The van der Waals surface area contributed by atoms with E-state index in [0.717, 1.165) is 51.4 Å². The van der Waals surface area contributed by atoms with Gasteiger partial charge in [-0.05, 0) is 6.42 Å². The molecule has 2 heterocycles. The van der Waals surface area contributed by atoms with E-state index >= 15 is 0 Å². The van der Waals surface area contributed by atoms with Gasteiger partial charge in [-0.2, -0.15) is 0 Å². The third kappa shape index (κ3) is 3.92. The molecule has 0 amide bonds. The summed E-state index contributed by atoms with van der Waals surface area (Å²) < 4.78 is 10.2. The molecule has 0 bridgehead atoms. The van der Waals surface area contributed by atoms with Crippen LogP contribution in [0, 0.1) is 0 Å².